The smallest absolute Gasteiger partial charge is 0.229 e. The zero-order valence-corrected chi connectivity index (χ0v) is 21.6. The monoisotopic (exact) mass is 523 g/mol. The Labute approximate surface area is 211 Å². The average molecular weight is 524 g/mol. The minimum atomic E-state index is -3.54. The van der Waals surface area contributed by atoms with E-state index < -0.39 is 9.84 Å². The molecule has 0 bridgehead atoms. The summed E-state index contributed by atoms with van der Waals surface area (Å²) >= 11 is 1.46. The van der Waals surface area contributed by atoms with Gasteiger partial charge in [-0.05, 0) is 37.6 Å². The molecule has 10 heteroatoms. The number of halogens is 1. The third-order valence-corrected chi connectivity index (χ3v) is 8.53. The molecule has 1 aliphatic heterocycles. The number of rotatable bonds is 9. The molecular weight excluding hydrogens is 494 g/mol. The molecule has 34 heavy (non-hydrogen) atoms. The number of hydrogen-bond donors (Lipinski definition) is 0. The predicted molar refractivity (Wildman–Crippen MR) is 139 cm³/mol. The molecule has 7 nitrogen and oxygen atoms in total. The quantitative estimate of drug-likeness (QED) is 0.422. The number of hydrogen-bond acceptors (Lipinski definition) is 7. The minimum Gasteiger partial charge on any atom is -0.379 e. The van der Waals surface area contributed by atoms with E-state index in [1.165, 1.54) is 11.3 Å². The number of thiazole rings is 1. The zero-order chi connectivity index (χ0) is 23.3. The van der Waals surface area contributed by atoms with Crippen LogP contribution in [0, 0.1) is 6.92 Å². The highest BCUT2D eigenvalue weighted by atomic mass is 35.5. The number of morpholine rings is 1. The van der Waals surface area contributed by atoms with Gasteiger partial charge in [-0.15, -0.1) is 12.4 Å². The molecule has 0 spiro atoms. The van der Waals surface area contributed by atoms with Gasteiger partial charge in [0.1, 0.15) is 0 Å². The lowest BCUT2D eigenvalue weighted by Gasteiger charge is -2.27. The zero-order valence-electron chi connectivity index (χ0n) is 19.2. The van der Waals surface area contributed by atoms with Crippen LogP contribution in [-0.4, -0.2) is 69.4 Å². The van der Waals surface area contributed by atoms with Crippen molar-refractivity contribution in [1.82, 2.24) is 9.88 Å². The van der Waals surface area contributed by atoms with Gasteiger partial charge in [0.15, 0.2) is 15.0 Å². The molecule has 0 radical (unpaired) electrons. The number of aryl methyl sites for hydroxylation is 1. The number of benzene rings is 2. The van der Waals surface area contributed by atoms with E-state index in [1.807, 2.05) is 31.2 Å². The van der Waals surface area contributed by atoms with E-state index in [9.17, 15) is 13.2 Å². The SMILES string of the molecule is Cc1ccc(S(=O)(=O)CCC(=O)N(CCCN2CCOCC2)c2nc3ccccc3s2)cc1.Cl. The first-order chi connectivity index (χ1) is 15.9. The van der Waals surface area contributed by atoms with Crippen LogP contribution in [0.3, 0.4) is 0 Å². The van der Waals surface area contributed by atoms with Crippen LogP contribution in [0.25, 0.3) is 10.2 Å². The Morgan fingerprint density at radius 2 is 1.82 bits per heavy atom. The molecule has 1 saturated heterocycles. The van der Waals surface area contributed by atoms with E-state index in [4.69, 9.17) is 4.74 Å². The average Bonchev–Trinajstić information content (AvgIpc) is 3.25. The van der Waals surface area contributed by atoms with Gasteiger partial charge in [0.05, 0.1) is 34.1 Å². The van der Waals surface area contributed by atoms with Crippen LogP contribution in [0.5, 0.6) is 0 Å². The van der Waals surface area contributed by atoms with E-state index in [-0.39, 0.29) is 35.4 Å². The maximum absolute atomic E-state index is 13.2. The van der Waals surface area contributed by atoms with Crippen molar-refractivity contribution in [2.24, 2.45) is 0 Å². The standard InChI is InChI=1S/C24H29N3O4S2.ClH/c1-19-7-9-20(10-8-19)33(29,30)18-11-23(28)27(13-4-12-26-14-16-31-17-15-26)24-25-21-5-2-3-6-22(21)32-24;/h2-3,5-10H,4,11-18H2,1H3;1H. The van der Waals surface area contributed by atoms with Gasteiger partial charge in [0.2, 0.25) is 5.91 Å². The van der Waals surface area contributed by atoms with Gasteiger partial charge in [-0.25, -0.2) is 13.4 Å². The molecule has 0 N–H and O–H groups in total. The Morgan fingerprint density at radius 1 is 1.12 bits per heavy atom. The van der Waals surface area contributed by atoms with Crippen LogP contribution >= 0.6 is 23.7 Å². The number of aromatic nitrogens is 1. The van der Waals surface area contributed by atoms with Gasteiger partial charge in [-0.1, -0.05) is 41.2 Å². The first-order valence-corrected chi connectivity index (χ1v) is 13.6. The second kappa shape index (κ2) is 12.1. The molecule has 1 amide bonds. The number of para-hydroxylation sites is 1. The number of carbonyl (C=O) groups is 1. The molecule has 0 aliphatic carbocycles. The highest BCUT2D eigenvalue weighted by Crippen LogP contribution is 2.29. The molecule has 2 aromatic carbocycles. The van der Waals surface area contributed by atoms with Gasteiger partial charge < -0.3 is 4.74 Å². The highest BCUT2D eigenvalue weighted by Gasteiger charge is 2.23. The number of ether oxygens (including phenoxy) is 1. The van der Waals surface area contributed by atoms with Crippen LogP contribution in [0.4, 0.5) is 5.13 Å². The summed E-state index contributed by atoms with van der Waals surface area (Å²) in [6.07, 6.45) is 0.704. The maximum atomic E-state index is 13.2. The molecule has 0 atom stereocenters. The Balaban J connectivity index is 0.00000324. The van der Waals surface area contributed by atoms with Crippen LogP contribution in [0.15, 0.2) is 53.4 Å². The summed E-state index contributed by atoms with van der Waals surface area (Å²) in [5.74, 6) is -0.438. The summed E-state index contributed by atoms with van der Waals surface area (Å²) in [4.78, 5) is 22.1. The molecule has 1 aromatic heterocycles. The first-order valence-electron chi connectivity index (χ1n) is 11.2. The predicted octanol–water partition coefficient (Wildman–Crippen LogP) is 3.95. The molecule has 2 heterocycles. The van der Waals surface area contributed by atoms with Crippen molar-refractivity contribution in [2.75, 3.05) is 50.0 Å². The molecule has 0 unspecified atom stereocenters. The maximum Gasteiger partial charge on any atom is 0.229 e. The topological polar surface area (TPSA) is 79.8 Å². The molecule has 4 rings (SSSR count). The van der Waals surface area contributed by atoms with Crippen molar-refractivity contribution in [3.63, 3.8) is 0 Å². The summed E-state index contributed by atoms with van der Waals surface area (Å²) in [7, 11) is -3.54. The minimum absolute atomic E-state index is 0. The van der Waals surface area contributed by atoms with Gasteiger partial charge in [-0.3, -0.25) is 14.6 Å². The van der Waals surface area contributed by atoms with Crippen molar-refractivity contribution in [1.29, 1.82) is 0 Å². The van der Waals surface area contributed by atoms with E-state index in [2.05, 4.69) is 9.88 Å². The normalized spacial score (nSPS) is 14.6. The van der Waals surface area contributed by atoms with E-state index in [1.54, 1.807) is 29.2 Å². The van der Waals surface area contributed by atoms with Gasteiger partial charge in [-0.2, -0.15) is 0 Å². The Hall–Kier alpha value is -2.04. The van der Waals surface area contributed by atoms with Crippen molar-refractivity contribution in [3.8, 4) is 0 Å². The summed E-state index contributed by atoms with van der Waals surface area (Å²) in [5.41, 5.74) is 1.84. The van der Waals surface area contributed by atoms with Crippen LogP contribution < -0.4 is 4.90 Å². The number of carbonyl (C=O) groups excluding carboxylic acids is 1. The van der Waals surface area contributed by atoms with Gasteiger partial charge >= 0.3 is 0 Å². The number of sulfone groups is 1. The number of fused-ring (bicyclic) bond motifs is 1. The summed E-state index contributed by atoms with van der Waals surface area (Å²) in [5, 5.41) is 0.621. The second-order valence-corrected chi connectivity index (χ2v) is 11.3. The summed E-state index contributed by atoms with van der Waals surface area (Å²) in [6, 6.07) is 14.5. The molecule has 184 valence electrons. The van der Waals surface area contributed by atoms with Gasteiger partial charge in [0.25, 0.3) is 0 Å². The van der Waals surface area contributed by atoms with Crippen molar-refractivity contribution in [2.45, 2.75) is 24.7 Å². The lowest BCUT2D eigenvalue weighted by molar-refractivity contribution is -0.118. The van der Waals surface area contributed by atoms with E-state index in [0.29, 0.717) is 11.7 Å². The fourth-order valence-electron chi connectivity index (χ4n) is 3.80. The fraction of sp³-hybridized carbons (Fsp3) is 0.417. The lowest BCUT2D eigenvalue weighted by Crippen LogP contribution is -2.39. The third kappa shape index (κ3) is 6.76. The lowest BCUT2D eigenvalue weighted by atomic mass is 10.2. The van der Waals surface area contributed by atoms with Gasteiger partial charge in [0, 0.05) is 32.6 Å². The van der Waals surface area contributed by atoms with E-state index in [0.717, 1.165) is 55.0 Å². The van der Waals surface area contributed by atoms with Crippen molar-refractivity contribution in [3.05, 3.63) is 54.1 Å². The Bertz CT molecular complexity index is 1160. The molecular formula is C24H30ClN3O4S2. The highest BCUT2D eigenvalue weighted by molar-refractivity contribution is 7.91. The number of nitrogens with zero attached hydrogens (tertiary/aromatic N) is 3. The molecule has 1 aliphatic rings. The number of amides is 1. The molecule has 1 fully saturated rings. The Morgan fingerprint density at radius 3 is 2.53 bits per heavy atom. The second-order valence-electron chi connectivity index (χ2n) is 8.20. The van der Waals surface area contributed by atoms with Crippen molar-refractivity contribution < 1.29 is 17.9 Å². The third-order valence-electron chi connectivity index (χ3n) is 5.74. The van der Waals surface area contributed by atoms with Crippen LogP contribution in [-0.2, 0) is 19.4 Å². The Kier molecular flexibility index (Phi) is 9.44. The molecule has 0 saturated carbocycles. The molecule has 3 aromatic rings. The first kappa shape index (κ1) is 26.6. The van der Waals surface area contributed by atoms with Crippen molar-refractivity contribution >= 4 is 54.8 Å². The fourth-order valence-corrected chi connectivity index (χ4v) is 6.04. The summed E-state index contributed by atoms with van der Waals surface area (Å²) < 4.78 is 31.9. The largest absolute Gasteiger partial charge is 0.379 e. The van der Waals surface area contributed by atoms with Crippen LogP contribution in [0.1, 0.15) is 18.4 Å². The van der Waals surface area contributed by atoms with Crippen LogP contribution in [0.2, 0.25) is 0 Å². The van der Waals surface area contributed by atoms with E-state index >= 15 is 0 Å². The number of anilines is 1. The summed E-state index contributed by atoms with van der Waals surface area (Å²) in [6.45, 7) is 6.52.